The maximum atomic E-state index is 12.8. The van der Waals surface area contributed by atoms with Gasteiger partial charge in [-0.25, -0.2) is 9.78 Å². The van der Waals surface area contributed by atoms with Crippen LogP contribution in [0.2, 0.25) is 5.15 Å². The predicted octanol–water partition coefficient (Wildman–Crippen LogP) is 5.44. The Bertz CT molecular complexity index is 1310. The van der Waals surface area contributed by atoms with E-state index in [1.54, 1.807) is 4.57 Å². The van der Waals surface area contributed by atoms with Crippen LogP contribution in [0.5, 0.6) is 0 Å². The maximum Gasteiger partial charge on any atom is 0.361 e. The van der Waals surface area contributed by atoms with Crippen LogP contribution >= 0.6 is 11.6 Å². The number of carbonyl (C=O) groups excluding carboxylic acids is 2. The zero-order valence-corrected chi connectivity index (χ0v) is 20.9. The lowest BCUT2D eigenvalue weighted by atomic mass is 9.96. The second-order valence-electron chi connectivity index (χ2n) is 8.22. The van der Waals surface area contributed by atoms with Gasteiger partial charge in [0.2, 0.25) is 6.79 Å². The van der Waals surface area contributed by atoms with Gasteiger partial charge in [-0.15, -0.1) is 5.10 Å². The predicted molar refractivity (Wildman–Crippen MR) is 135 cm³/mol. The number of hydrogen-bond donors (Lipinski definition) is 0. The molecule has 0 bridgehead atoms. The highest BCUT2D eigenvalue weighted by Gasteiger charge is 2.24. The fourth-order valence-electron chi connectivity index (χ4n) is 3.91. The smallest absolute Gasteiger partial charge is 0.361 e. The van der Waals surface area contributed by atoms with Gasteiger partial charge in [0.25, 0.3) is 0 Å². The summed E-state index contributed by atoms with van der Waals surface area (Å²) in [6, 6.07) is 16.1. The van der Waals surface area contributed by atoms with Crippen molar-refractivity contribution in [2.75, 3.05) is 13.3 Å². The second-order valence-corrected chi connectivity index (χ2v) is 8.58. The number of aryl methyl sites for hydroxylation is 1. The summed E-state index contributed by atoms with van der Waals surface area (Å²) < 4.78 is 11.6. The maximum absolute atomic E-state index is 12.8. The van der Waals surface area contributed by atoms with Gasteiger partial charge < -0.3 is 14.0 Å². The molecule has 0 saturated carbocycles. The number of rotatable bonds is 10. The highest BCUT2D eigenvalue weighted by Crippen LogP contribution is 2.27. The van der Waals surface area contributed by atoms with Gasteiger partial charge >= 0.3 is 11.9 Å². The fourth-order valence-corrected chi connectivity index (χ4v) is 4.18. The highest BCUT2D eigenvalue weighted by molar-refractivity contribution is 6.32. The lowest BCUT2D eigenvalue weighted by molar-refractivity contribution is -0.149. The van der Waals surface area contributed by atoms with E-state index in [4.69, 9.17) is 21.1 Å². The molecule has 0 unspecified atom stereocenters. The third kappa shape index (κ3) is 5.85. The van der Waals surface area contributed by atoms with Gasteiger partial charge in [0.15, 0.2) is 10.8 Å². The number of aromatic nitrogens is 2. The molecule has 2 heterocycles. The standard InChI is InChI=1S/C26H26ClN5O4/c1-3-4-9-23-29-25(27)24(26(34)36-16-35-17(2)33)32(23)15-18-10-12-19(13-11-18)20-7-5-6-8-21(20)22-14-28-31-30-22/h5-8,10-13H,3-4,9,14-16H2,1-2H3. The summed E-state index contributed by atoms with van der Waals surface area (Å²) in [5.41, 5.74) is 4.99. The Balaban J connectivity index is 1.60. The third-order valence-corrected chi connectivity index (χ3v) is 5.96. The number of unbranched alkanes of at least 4 members (excludes halogenated alkanes) is 1. The van der Waals surface area contributed by atoms with E-state index in [1.165, 1.54) is 6.92 Å². The number of imidazole rings is 1. The van der Waals surface area contributed by atoms with Crippen LogP contribution < -0.4 is 0 Å². The minimum Gasteiger partial charge on any atom is -0.428 e. The number of hydrogen-bond acceptors (Lipinski definition) is 8. The van der Waals surface area contributed by atoms with E-state index in [0.29, 0.717) is 25.3 Å². The Morgan fingerprint density at radius 3 is 2.47 bits per heavy atom. The highest BCUT2D eigenvalue weighted by atomic mass is 35.5. The van der Waals surface area contributed by atoms with Crippen molar-refractivity contribution in [2.24, 2.45) is 15.4 Å². The average Bonchev–Trinajstić information content (AvgIpc) is 3.51. The molecule has 0 aliphatic carbocycles. The molecule has 4 rings (SSSR count). The van der Waals surface area contributed by atoms with Gasteiger partial charge in [-0.2, -0.15) is 5.11 Å². The lowest BCUT2D eigenvalue weighted by Crippen LogP contribution is -2.17. The molecule has 1 aliphatic heterocycles. The van der Waals surface area contributed by atoms with Gasteiger partial charge in [-0.05, 0) is 28.3 Å². The molecule has 0 N–H and O–H groups in total. The second kappa shape index (κ2) is 11.7. The average molecular weight is 508 g/mol. The molecular weight excluding hydrogens is 482 g/mol. The molecule has 9 nitrogen and oxygen atoms in total. The minimum atomic E-state index is -0.699. The molecule has 36 heavy (non-hydrogen) atoms. The van der Waals surface area contributed by atoms with Crippen molar-refractivity contribution in [1.82, 2.24) is 9.55 Å². The molecule has 0 amide bonds. The number of esters is 2. The molecule has 3 aromatic rings. The number of carbonyl (C=O) groups is 2. The number of halogens is 1. The molecule has 0 radical (unpaired) electrons. The first-order chi connectivity index (χ1) is 17.5. The van der Waals surface area contributed by atoms with E-state index >= 15 is 0 Å². The molecule has 10 heteroatoms. The normalized spacial score (nSPS) is 12.5. The van der Waals surface area contributed by atoms with E-state index in [2.05, 4.69) is 27.3 Å². The molecule has 0 spiro atoms. The zero-order chi connectivity index (χ0) is 25.5. The Kier molecular flexibility index (Phi) is 8.22. The van der Waals surface area contributed by atoms with Crippen LogP contribution in [0.4, 0.5) is 0 Å². The zero-order valence-electron chi connectivity index (χ0n) is 20.1. The minimum absolute atomic E-state index is 0.0626. The van der Waals surface area contributed by atoms with Crippen LogP contribution in [-0.2, 0) is 27.2 Å². The van der Waals surface area contributed by atoms with Gasteiger partial charge in [-0.3, -0.25) is 4.79 Å². The van der Waals surface area contributed by atoms with E-state index in [1.807, 2.05) is 48.5 Å². The first kappa shape index (κ1) is 25.2. The summed E-state index contributed by atoms with van der Waals surface area (Å²) in [7, 11) is 0. The van der Waals surface area contributed by atoms with Crippen molar-refractivity contribution in [3.63, 3.8) is 0 Å². The van der Waals surface area contributed by atoms with Gasteiger partial charge in [0.1, 0.15) is 12.4 Å². The van der Waals surface area contributed by atoms with Crippen molar-refractivity contribution in [2.45, 2.75) is 39.7 Å². The lowest BCUT2D eigenvalue weighted by Gasteiger charge is -2.13. The molecular formula is C26H26ClN5O4. The van der Waals surface area contributed by atoms with E-state index in [0.717, 1.165) is 40.8 Å². The van der Waals surface area contributed by atoms with Crippen molar-refractivity contribution in [3.8, 4) is 11.1 Å². The fraction of sp³-hybridized carbons (Fsp3) is 0.308. The molecule has 2 aromatic carbocycles. The molecule has 0 atom stereocenters. The van der Waals surface area contributed by atoms with Gasteiger partial charge in [-0.1, -0.05) is 73.5 Å². The SMILES string of the molecule is CCCCc1nc(Cl)c(C(=O)OCOC(C)=O)n1Cc1ccc(-c2ccccc2C2=NN=NC2)cc1. The van der Waals surface area contributed by atoms with Crippen LogP contribution in [0.15, 0.2) is 64.0 Å². The molecule has 186 valence electrons. The summed E-state index contributed by atoms with van der Waals surface area (Å²) in [5.74, 6) is -0.547. The largest absolute Gasteiger partial charge is 0.428 e. The summed E-state index contributed by atoms with van der Waals surface area (Å²) in [6.07, 6.45) is 2.53. The summed E-state index contributed by atoms with van der Waals surface area (Å²) >= 11 is 6.35. The number of ether oxygens (including phenoxy) is 2. The van der Waals surface area contributed by atoms with Crippen LogP contribution in [0.3, 0.4) is 0 Å². The van der Waals surface area contributed by atoms with Gasteiger partial charge in [0.05, 0.1) is 5.71 Å². The van der Waals surface area contributed by atoms with E-state index < -0.39 is 18.7 Å². The molecule has 1 aromatic heterocycles. The summed E-state index contributed by atoms with van der Waals surface area (Å²) in [4.78, 5) is 28.2. The van der Waals surface area contributed by atoms with Crippen molar-refractivity contribution >= 4 is 29.3 Å². The monoisotopic (exact) mass is 507 g/mol. The quantitative estimate of drug-likeness (QED) is 0.268. The molecule has 1 aliphatic rings. The number of benzene rings is 2. The van der Waals surface area contributed by atoms with Crippen LogP contribution in [0.1, 0.15) is 54.1 Å². The Labute approximate surface area is 213 Å². The Morgan fingerprint density at radius 2 is 1.81 bits per heavy atom. The van der Waals surface area contributed by atoms with Crippen molar-refractivity contribution < 1.29 is 19.1 Å². The Morgan fingerprint density at radius 1 is 1.06 bits per heavy atom. The van der Waals surface area contributed by atoms with Crippen molar-refractivity contribution in [3.05, 3.63) is 76.3 Å². The van der Waals surface area contributed by atoms with Gasteiger partial charge in [0, 0.05) is 25.5 Å². The molecule has 0 fully saturated rings. The Hall–Kier alpha value is -3.85. The van der Waals surface area contributed by atoms with E-state index in [-0.39, 0.29) is 10.8 Å². The first-order valence-corrected chi connectivity index (χ1v) is 12.0. The van der Waals surface area contributed by atoms with Crippen molar-refractivity contribution in [1.29, 1.82) is 0 Å². The third-order valence-electron chi connectivity index (χ3n) is 5.70. The summed E-state index contributed by atoms with van der Waals surface area (Å²) in [6.45, 7) is 3.68. The van der Waals surface area contributed by atoms with Crippen LogP contribution in [-0.4, -0.2) is 40.5 Å². The van der Waals surface area contributed by atoms with Crippen LogP contribution in [0, 0.1) is 0 Å². The number of nitrogens with zero attached hydrogens (tertiary/aromatic N) is 5. The van der Waals surface area contributed by atoms with Crippen LogP contribution in [0.25, 0.3) is 11.1 Å². The molecule has 0 saturated heterocycles. The first-order valence-electron chi connectivity index (χ1n) is 11.6. The topological polar surface area (TPSA) is 108 Å². The summed E-state index contributed by atoms with van der Waals surface area (Å²) in [5, 5.41) is 11.9. The van der Waals surface area contributed by atoms with E-state index in [9.17, 15) is 9.59 Å².